The molecule has 1 N–H and O–H groups in total. The van der Waals surface area contributed by atoms with Gasteiger partial charge in [0.1, 0.15) is 21.0 Å². The molecule has 0 amide bonds. The van der Waals surface area contributed by atoms with E-state index >= 15 is 0 Å². The number of rotatable bonds is 8. The van der Waals surface area contributed by atoms with Gasteiger partial charge in [0, 0.05) is 14.2 Å². The molecule has 1 unspecified atom stereocenters. The number of hydrogen-bond acceptors (Lipinski definition) is 7. The summed E-state index contributed by atoms with van der Waals surface area (Å²) in [4.78, 5) is 0. The average Bonchev–Trinajstić information content (AvgIpc) is 2.38. The summed E-state index contributed by atoms with van der Waals surface area (Å²) in [5.74, 6) is 0. The molecule has 19 heavy (non-hydrogen) atoms. The molecule has 0 spiro atoms. The third kappa shape index (κ3) is 8.89. The molecule has 7 nitrogen and oxygen atoms in total. The Morgan fingerprint density at radius 1 is 1.21 bits per heavy atom. The molecule has 0 heterocycles. The minimum Gasteiger partial charge on any atom is -0.560 e. The molecule has 1 atom stereocenters. The zero-order chi connectivity index (χ0) is 15.3. The van der Waals surface area contributed by atoms with Crippen molar-refractivity contribution in [3.05, 3.63) is 0 Å². The predicted octanol–water partition coefficient (Wildman–Crippen LogP) is -4.94. The molecule has 0 aliphatic rings. The van der Waals surface area contributed by atoms with Crippen molar-refractivity contribution in [1.29, 1.82) is 0 Å². The number of methoxy groups -OCH3 is 1. The minimum absolute atomic E-state index is 0.0994. The van der Waals surface area contributed by atoms with Crippen LogP contribution in [0.4, 0.5) is 0 Å². The monoisotopic (exact) mass is 408 g/mol. The van der Waals surface area contributed by atoms with Crippen molar-refractivity contribution in [2.24, 2.45) is 0 Å². The van der Waals surface area contributed by atoms with Gasteiger partial charge in [-0.25, -0.2) is 0 Å². The van der Waals surface area contributed by atoms with Gasteiger partial charge in [-0.05, 0) is 0 Å². The van der Waals surface area contributed by atoms with Crippen LogP contribution in [0, 0.1) is 0 Å². The van der Waals surface area contributed by atoms with E-state index in [2.05, 4.69) is 17.8 Å². The highest BCUT2D eigenvalue weighted by molar-refractivity contribution is 7.65. The summed E-state index contributed by atoms with van der Waals surface area (Å²) in [5, 5.41) is 9.08. The molecule has 0 saturated carbocycles. The molecule has 0 bridgehead atoms. The van der Waals surface area contributed by atoms with Crippen LogP contribution in [0.25, 0.3) is 0 Å². The van der Waals surface area contributed by atoms with E-state index in [-0.39, 0.29) is 17.0 Å². The molecular weight excluding hydrogens is 385 g/mol. The Balaban J connectivity index is 0. The van der Waals surface area contributed by atoms with Crippen LogP contribution >= 0.6 is 0 Å². The van der Waals surface area contributed by atoms with Gasteiger partial charge in [0.2, 0.25) is 0 Å². The van der Waals surface area contributed by atoms with Crippen molar-refractivity contribution in [3.63, 3.8) is 0 Å². The Kier molecular flexibility index (Phi) is 16.6. The van der Waals surface area contributed by atoms with Gasteiger partial charge in [0.05, 0.1) is 16.4 Å². The lowest BCUT2D eigenvalue weighted by Gasteiger charge is -2.32. The maximum Gasteiger partial charge on any atom is 0.477 e. The second-order valence-corrected chi connectivity index (χ2v) is 35.1. The molecule has 15 heteroatoms. The van der Waals surface area contributed by atoms with Crippen molar-refractivity contribution in [1.82, 2.24) is 0 Å². The van der Waals surface area contributed by atoms with Crippen LogP contribution in [-0.4, -0.2) is 91.1 Å². The normalized spacial score (nSPS) is 15.9. The molecule has 0 fully saturated rings. The van der Waals surface area contributed by atoms with Crippen LogP contribution in [0.15, 0.2) is 0 Å². The summed E-state index contributed by atoms with van der Waals surface area (Å²) in [6.45, 7) is 4.31. The van der Waals surface area contributed by atoms with Crippen LogP contribution in [0.1, 0.15) is 0 Å². The largest absolute Gasteiger partial charge is 0.560 e. The van der Waals surface area contributed by atoms with E-state index in [0.717, 1.165) is 0 Å². The second-order valence-electron chi connectivity index (χ2n) is 3.84. The second kappa shape index (κ2) is 14.1. The quantitative estimate of drug-likeness (QED) is 0.245. The number of hydrogen-bond donors (Lipinski definition) is 1. The molecule has 0 aromatic rings. The minimum atomic E-state index is -2.25. The SMILES string of the molecule is COC.C[SiH](C)[SiH](OO)[Si](O[SiH3])(O[SiH3])/[SiH]=[SiH]/O[SiH]=O. The first-order chi connectivity index (χ1) is 8.99. The van der Waals surface area contributed by atoms with Gasteiger partial charge >= 0.3 is 17.2 Å². The van der Waals surface area contributed by atoms with Crippen LogP contribution in [0.3, 0.4) is 0 Å². The zero-order valence-corrected chi connectivity index (χ0v) is 23.1. The van der Waals surface area contributed by atoms with E-state index < -0.39 is 33.6 Å². The summed E-state index contributed by atoms with van der Waals surface area (Å²) in [5.41, 5.74) is 0. The highest BCUT2D eigenvalue weighted by Crippen LogP contribution is 2.09. The first-order valence-corrected chi connectivity index (χ1v) is 22.2. The smallest absolute Gasteiger partial charge is 0.477 e. The Morgan fingerprint density at radius 2 is 1.68 bits per heavy atom. The molecule has 0 aliphatic heterocycles. The lowest BCUT2D eigenvalue weighted by Crippen LogP contribution is -2.66. The van der Waals surface area contributed by atoms with Crippen LogP contribution < -0.4 is 0 Å². The molecular formula is C4H24O7Si8. The summed E-state index contributed by atoms with van der Waals surface area (Å²) < 4.78 is 35.8. The van der Waals surface area contributed by atoms with E-state index in [1.54, 1.807) is 14.2 Å². The third-order valence-corrected chi connectivity index (χ3v) is 56.8. The van der Waals surface area contributed by atoms with Crippen LogP contribution in [0.5, 0.6) is 0 Å². The van der Waals surface area contributed by atoms with E-state index in [0.29, 0.717) is 21.0 Å². The lowest BCUT2D eigenvalue weighted by molar-refractivity contribution is -0.138. The van der Waals surface area contributed by atoms with Gasteiger partial charge in [0.15, 0.2) is 8.86 Å². The van der Waals surface area contributed by atoms with Gasteiger partial charge in [-0.1, -0.05) is 13.1 Å². The summed E-state index contributed by atoms with van der Waals surface area (Å²) >= 11 is 0. The molecule has 0 aromatic carbocycles. The first-order valence-electron chi connectivity index (χ1n) is 5.57. The zero-order valence-electron chi connectivity index (χ0n) is 12.3. The van der Waals surface area contributed by atoms with Crippen LogP contribution in [0.2, 0.25) is 13.1 Å². The molecule has 0 radical (unpaired) electrons. The highest BCUT2D eigenvalue weighted by atomic mass is 29.8. The molecule has 0 aromatic heterocycles. The van der Waals surface area contributed by atoms with Gasteiger partial charge in [-0.2, -0.15) is 0 Å². The predicted molar refractivity (Wildman–Crippen MR) is 93.7 cm³/mol. The number of ether oxygens (including phenoxy) is 1. The third-order valence-electron chi connectivity index (χ3n) is 2.19. The summed E-state index contributed by atoms with van der Waals surface area (Å²) in [6, 6.07) is 0. The van der Waals surface area contributed by atoms with Crippen molar-refractivity contribution in [3.8, 4) is 0 Å². The summed E-state index contributed by atoms with van der Waals surface area (Å²) in [6.07, 6.45) is 0. The molecule has 0 saturated heterocycles. The van der Waals surface area contributed by atoms with Gasteiger partial charge in [-0.3, -0.25) is 9.83 Å². The lowest BCUT2D eigenvalue weighted by atomic mass is 11.6. The Hall–Kier alpha value is 1.14. The van der Waals surface area contributed by atoms with Crippen molar-refractivity contribution < 1.29 is 31.4 Å². The highest BCUT2D eigenvalue weighted by Gasteiger charge is 2.46. The fourth-order valence-corrected chi connectivity index (χ4v) is 77.5. The van der Waals surface area contributed by atoms with Gasteiger partial charge < -0.3 is 21.5 Å². The van der Waals surface area contributed by atoms with E-state index in [1.807, 2.05) is 0 Å². The maximum atomic E-state index is 10.4. The van der Waals surface area contributed by atoms with Gasteiger partial charge in [-0.15, -0.1) is 0 Å². The van der Waals surface area contributed by atoms with Crippen molar-refractivity contribution >= 4 is 71.6 Å². The Bertz CT molecular complexity index is 247. The van der Waals surface area contributed by atoms with E-state index in [1.165, 1.54) is 0 Å². The average molecular weight is 409 g/mol. The molecule has 0 rings (SSSR count). The van der Waals surface area contributed by atoms with E-state index in [4.69, 9.17) is 22.2 Å². The van der Waals surface area contributed by atoms with Crippen LogP contribution in [-0.2, 0) is 26.1 Å². The maximum absolute atomic E-state index is 10.4. The standard InChI is InChI=1S/C2H18O6Si8.C2H6O/c1-14(2)15(5-3)16(6-9,7-10)13-12-8-11-4;1-3-2/h3,11-15H,1-2,9-10H3;1-2H3/b13-12+;. The van der Waals surface area contributed by atoms with Crippen molar-refractivity contribution in [2.45, 2.75) is 13.1 Å². The van der Waals surface area contributed by atoms with Crippen molar-refractivity contribution in [2.75, 3.05) is 14.2 Å². The summed E-state index contributed by atoms with van der Waals surface area (Å²) in [7, 11) is -2.10. The Labute approximate surface area is 130 Å². The molecule has 114 valence electrons. The molecule has 0 aliphatic carbocycles. The Morgan fingerprint density at radius 3 is 1.95 bits per heavy atom. The topological polar surface area (TPSA) is 83.5 Å². The fourth-order valence-electron chi connectivity index (χ4n) is 1.37. The van der Waals surface area contributed by atoms with E-state index in [9.17, 15) is 4.46 Å². The van der Waals surface area contributed by atoms with Gasteiger partial charge in [0.25, 0.3) is 8.08 Å². The first kappa shape index (κ1) is 22.4. The fraction of sp³-hybridized carbons (Fsp3) is 1.00.